The van der Waals surface area contributed by atoms with Crippen LogP contribution in [0.1, 0.15) is 6.92 Å². The van der Waals surface area contributed by atoms with E-state index >= 15 is 0 Å². The summed E-state index contributed by atoms with van der Waals surface area (Å²) in [4.78, 5) is 9.00. The molecule has 0 heterocycles. The fourth-order valence-corrected chi connectivity index (χ4v) is 0. The smallest absolute Gasteiger partial charge is 0.300 e. The summed E-state index contributed by atoms with van der Waals surface area (Å²) < 4.78 is 0. The van der Waals surface area contributed by atoms with Crippen molar-refractivity contribution in [2.45, 2.75) is 13.4 Å². The average molecular weight is 124 g/mol. The summed E-state index contributed by atoms with van der Waals surface area (Å²) in [5.41, 5.74) is 0. The normalized spacial score (nSPS) is 7.62. The molecule has 0 aromatic rings. The molecule has 0 radical (unpaired) electrons. The fraction of sp³-hybridized carbons (Fsp3) is 0.667. The zero-order valence-electron chi connectivity index (χ0n) is 4.27. The topological polar surface area (TPSA) is 98.0 Å². The first-order chi connectivity index (χ1) is 3.46. The van der Waals surface area contributed by atoms with E-state index in [0.717, 1.165) is 6.92 Å². The van der Waals surface area contributed by atoms with Crippen molar-refractivity contribution >= 4 is 5.97 Å². The van der Waals surface area contributed by atoms with Crippen LogP contribution in [0.15, 0.2) is 0 Å². The van der Waals surface area contributed by atoms with Gasteiger partial charge in [-0.3, -0.25) is 4.79 Å². The monoisotopic (exact) mass is 124 g/mol. The lowest BCUT2D eigenvalue weighted by Gasteiger charge is -1.80. The summed E-state index contributed by atoms with van der Waals surface area (Å²) in [6, 6.07) is 0. The van der Waals surface area contributed by atoms with Gasteiger partial charge in [-0.05, 0) is 0 Å². The van der Waals surface area contributed by atoms with E-state index in [1.165, 1.54) is 0 Å². The van der Waals surface area contributed by atoms with Crippen molar-refractivity contribution in [3.05, 3.63) is 0 Å². The Labute approximate surface area is 45.8 Å². The van der Waals surface area contributed by atoms with Gasteiger partial charge in [-0.2, -0.15) is 0 Å². The van der Waals surface area contributed by atoms with Crippen molar-refractivity contribution in [3.63, 3.8) is 0 Å². The maximum absolute atomic E-state index is 9.00. The number of carboxylic acid groups (broad SMARTS) is 1. The highest BCUT2D eigenvalue weighted by Gasteiger charge is 1.72. The van der Waals surface area contributed by atoms with Crippen LogP contribution in [0.4, 0.5) is 0 Å². The molecule has 5 nitrogen and oxygen atoms in total. The Morgan fingerprint density at radius 3 is 1.38 bits per heavy atom. The Morgan fingerprint density at radius 2 is 1.38 bits per heavy atom. The van der Waals surface area contributed by atoms with E-state index in [0.29, 0.717) is 0 Å². The van der Waals surface area contributed by atoms with Gasteiger partial charge in [0.05, 0.1) is 0 Å². The van der Waals surface area contributed by atoms with Gasteiger partial charge in [0.2, 0.25) is 0 Å². The van der Waals surface area contributed by atoms with Gasteiger partial charge in [0.1, 0.15) is 0 Å². The summed E-state index contributed by atoms with van der Waals surface area (Å²) in [5.74, 6) is -0.833. The maximum Gasteiger partial charge on any atom is 0.300 e. The second-order valence-electron chi connectivity index (χ2n) is 0.865. The summed E-state index contributed by atoms with van der Waals surface area (Å²) in [6.45, 7) is -1.08. The Bertz CT molecular complexity index is 51.9. The molecule has 0 aliphatic carbocycles. The van der Waals surface area contributed by atoms with E-state index in [2.05, 4.69) is 0 Å². The van der Waals surface area contributed by atoms with Gasteiger partial charge < -0.3 is 20.4 Å². The predicted octanol–water partition coefficient (Wildman–Crippen LogP) is -1.66. The standard InChI is InChI=1S/C2H4O2.CH4O3/c1-2(3)4;2-1(3)4/h1H3,(H,3,4);1-4H. The summed E-state index contributed by atoms with van der Waals surface area (Å²) in [5, 5.41) is 28.9. The minimum absolute atomic E-state index is 0.833. The van der Waals surface area contributed by atoms with Crippen LogP contribution in [0.2, 0.25) is 0 Å². The molecule has 50 valence electrons. The third-order valence-electron chi connectivity index (χ3n) is 0. The molecule has 5 heteroatoms. The second kappa shape index (κ2) is 6.35. The molecule has 0 unspecified atom stereocenters. The molecule has 0 saturated heterocycles. The van der Waals surface area contributed by atoms with E-state index in [9.17, 15) is 0 Å². The third kappa shape index (κ3) is 240. The third-order valence-corrected chi connectivity index (χ3v) is 0. The minimum Gasteiger partial charge on any atom is -0.481 e. The molecular formula is C3H8O5. The number of aliphatic hydroxyl groups is 3. The summed E-state index contributed by atoms with van der Waals surface area (Å²) >= 11 is 0. The van der Waals surface area contributed by atoms with Crippen molar-refractivity contribution in [1.82, 2.24) is 0 Å². The van der Waals surface area contributed by atoms with E-state index in [-0.39, 0.29) is 0 Å². The Balaban J connectivity index is 0. The van der Waals surface area contributed by atoms with Crippen LogP contribution in [0.3, 0.4) is 0 Å². The van der Waals surface area contributed by atoms with Crippen LogP contribution in [0, 0.1) is 0 Å². The number of hydrogen-bond acceptors (Lipinski definition) is 4. The maximum atomic E-state index is 9.00. The lowest BCUT2D eigenvalue weighted by atomic mass is 10.9. The van der Waals surface area contributed by atoms with Gasteiger partial charge in [-0.25, -0.2) is 0 Å². The Kier molecular flexibility index (Phi) is 8.22. The zero-order chi connectivity index (χ0) is 7.15. The lowest BCUT2D eigenvalue weighted by Crippen LogP contribution is -1.98. The molecule has 0 aromatic heterocycles. The first-order valence-corrected chi connectivity index (χ1v) is 1.70. The second-order valence-corrected chi connectivity index (χ2v) is 0.865. The molecule has 0 amide bonds. The van der Waals surface area contributed by atoms with Crippen molar-refractivity contribution in [1.29, 1.82) is 0 Å². The average Bonchev–Trinajstić information content (AvgIpc) is 1.25. The van der Waals surface area contributed by atoms with Gasteiger partial charge in [0.25, 0.3) is 12.4 Å². The van der Waals surface area contributed by atoms with Crippen molar-refractivity contribution in [2.75, 3.05) is 0 Å². The van der Waals surface area contributed by atoms with Crippen LogP contribution in [0.25, 0.3) is 0 Å². The minimum atomic E-state index is -2.17. The molecule has 0 spiro atoms. The number of aliphatic hydroxyl groups excluding tert-OH is 1. The van der Waals surface area contributed by atoms with Gasteiger partial charge in [-0.1, -0.05) is 0 Å². The molecular weight excluding hydrogens is 116 g/mol. The van der Waals surface area contributed by atoms with Crippen LogP contribution < -0.4 is 0 Å². The van der Waals surface area contributed by atoms with Gasteiger partial charge in [-0.15, -0.1) is 0 Å². The van der Waals surface area contributed by atoms with Crippen LogP contribution >= 0.6 is 0 Å². The molecule has 0 aromatic carbocycles. The zero-order valence-corrected chi connectivity index (χ0v) is 4.27. The highest BCUT2D eigenvalue weighted by atomic mass is 16.6. The lowest BCUT2D eigenvalue weighted by molar-refractivity contribution is -0.198. The Morgan fingerprint density at radius 1 is 1.38 bits per heavy atom. The highest BCUT2D eigenvalue weighted by molar-refractivity contribution is 5.62. The molecule has 0 bridgehead atoms. The quantitative estimate of drug-likeness (QED) is 0.290. The van der Waals surface area contributed by atoms with E-state index in [1.54, 1.807) is 0 Å². The predicted molar refractivity (Wildman–Crippen MR) is 23.8 cm³/mol. The Hall–Kier alpha value is -0.650. The van der Waals surface area contributed by atoms with Crippen molar-refractivity contribution < 1.29 is 25.2 Å². The van der Waals surface area contributed by atoms with E-state index in [1.807, 2.05) is 0 Å². The summed E-state index contributed by atoms with van der Waals surface area (Å²) in [7, 11) is 0. The molecule has 0 aliphatic heterocycles. The number of carbonyl (C=O) groups is 1. The highest BCUT2D eigenvalue weighted by Crippen LogP contribution is 1.49. The van der Waals surface area contributed by atoms with E-state index < -0.39 is 12.4 Å². The largest absolute Gasteiger partial charge is 0.481 e. The first-order valence-electron chi connectivity index (χ1n) is 1.70. The first kappa shape index (κ1) is 10.4. The van der Waals surface area contributed by atoms with Crippen molar-refractivity contribution in [2.24, 2.45) is 0 Å². The molecule has 0 rings (SSSR count). The SMILES string of the molecule is CC(=O)O.OC(O)O. The van der Waals surface area contributed by atoms with Gasteiger partial charge in [0.15, 0.2) is 0 Å². The van der Waals surface area contributed by atoms with Gasteiger partial charge >= 0.3 is 0 Å². The number of carboxylic acids is 1. The number of aliphatic carboxylic acids is 1. The number of rotatable bonds is 0. The van der Waals surface area contributed by atoms with E-state index in [4.69, 9.17) is 25.2 Å². The molecule has 8 heavy (non-hydrogen) atoms. The van der Waals surface area contributed by atoms with Crippen LogP contribution in [0.5, 0.6) is 0 Å². The molecule has 4 N–H and O–H groups in total. The molecule has 0 aliphatic rings. The van der Waals surface area contributed by atoms with Crippen LogP contribution in [-0.4, -0.2) is 32.9 Å². The fourth-order valence-electron chi connectivity index (χ4n) is 0. The van der Waals surface area contributed by atoms with Crippen LogP contribution in [-0.2, 0) is 4.79 Å². The molecule has 0 saturated carbocycles. The number of hydrogen-bond donors (Lipinski definition) is 4. The van der Waals surface area contributed by atoms with Gasteiger partial charge in [0, 0.05) is 6.92 Å². The summed E-state index contributed by atoms with van der Waals surface area (Å²) in [6.07, 6.45) is 0. The molecule has 0 fully saturated rings. The molecule has 0 atom stereocenters. The van der Waals surface area contributed by atoms with Crippen molar-refractivity contribution in [3.8, 4) is 0 Å².